The van der Waals surface area contributed by atoms with Gasteiger partial charge in [-0.15, -0.1) is 0 Å². The molecule has 0 unspecified atom stereocenters. The maximum atomic E-state index is 12.4. The fraction of sp³-hybridized carbons (Fsp3) is 0.188. The SMILES string of the molecule is O=C(c1ccccc1Br)N1CC(c2nc(-c3ccsc3)no2)C1. The lowest BCUT2D eigenvalue weighted by Crippen LogP contribution is -2.48. The zero-order valence-corrected chi connectivity index (χ0v) is 14.4. The first-order valence-electron chi connectivity index (χ1n) is 7.12. The van der Waals surface area contributed by atoms with Gasteiger partial charge in [0.05, 0.1) is 11.5 Å². The van der Waals surface area contributed by atoms with Crippen molar-refractivity contribution < 1.29 is 9.32 Å². The van der Waals surface area contributed by atoms with Crippen molar-refractivity contribution >= 4 is 33.2 Å². The van der Waals surface area contributed by atoms with E-state index in [1.807, 2.05) is 41.1 Å². The molecular formula is C16H12BrN3O2S. The highest BCUT2D eigenvalue weighted by molar-refractivity contribution is 9.10. The Balaban J connectivity index is 1.44. The number of aromatic nitrogens is 2. The lowest BCUT2D eigenvalue weighted by atomic mass is 9.99. The molecule has 0 N–H and O–H groups in total. The van der Waals surface area contributed by atoms with E-state index in [4.69, 9.17) is 4.52 Å². The van der Waals surface area contributed by atoms with Gasteiger partial charge in [0.25, 0.3) is 5.91 Å². The van der Waals surface area contributed by atoms with Crippen LogP contribution in [0.1, 0.15) is 22.2 Å². The highest BCUT2D eigenvalue weighted by Gasteiger charge is 2.36. The highest BCUT2D eigenvalue weighted by Crippen LogP contribution is 2.30. The molecule has 5 nitrogen and oxygen atoms in total. The van der Waals surface area contributed by atoms with E-state index in [0.29, 0.717) is 30.4 Å². The Hall–Kier alpha value is -1.99. The van der Waals surface area contributed by atoms with Crippen LogP contribution in [-0.4, -0.2) is 34.0 Å². The van der Waals surface area contributed by atoms with Gasteiger partial charge in [-0.25, -0.2) is 0 Å². The van der Waals surface area contributed by atoms with Crippen LogP contribution in [0, 0.1) is 0 Å². The van der Waals surface area contributed by atoms with Crippen LogP contribution in [0.2, 0.25) is 0 Å². The number of nitrogens with zero attached hydrogens (tertiary/aromatic N) is 3. The van der Waals surface area contributed by atoms with Gasteiger partial charge in [0.15, 0.2) is 0 Å². The van der Waals surface area contributed by atoms with Gasteiger partial charge in [0.1, 0.15) is 0 Å². The van der Waals surface area contributed by atoms with Crippen LogP contribution in [0.3, 0.4) is 0 Å². The Labute approximate surface area is 145 Å². The van der Waals surface area contributed by atoms with Crippen LogP contribution in [0.5, 0.6) is 0 Å². The third kappa shape index (κ3) is 2.70. The smallest absolute Gasteiger partial charge is 0.255 e. The summed E-state index contributed by atoms with van der Waals surface area (Å²) in [6, 6.07) is 9.41. The van der Waals surface area contributed by atoms with E-state index in [1.165, 1.54) is 0 Å². The number of likely N-dealkylation sites (tertiary alicyclic amines) is 1. The highest BCUT2D eigenvalue weighted by atomic mass is 79.9. The lowest BCUT2D eigenvalue weighted by Gasteiger charge is -2.37. The van der Waals surface area contributed by atoms with Gasteiger partial charge in [-0.05, 0) is 39.5 Å². The number of thiophene rings is 1. The van der Waals surface area contributed by atoms with Crippen molar-refractivity contribution in [3.63, 3.8) is 0 Å². The second-order valence-corrected chi connectivity index (χ2v) is 6.99. The summed E-state index contributed by atoms with van der Waals surface area (Å²) in [4.78, 5) is 18.7. The Morgan fingerprint density at radius 3 is 2.87 bits per heavy atom. The van der Waals surface area contributed by atoms with Crippen LogP contribution < -0.4 is 0 Å². The van der Waals surface area contributed by atoms with Crippen molar-refractivity contribution in [1.82, 2.24) is 15.0 Å². The molecule has 23 heavy (non-hydrogen) atoms. The molecule has 0 saturated carbocycles. The number of hydrogen-bond acceptors (Lipinski definition) is 5. The summed E-state index contributed by atoms with van der Waals surface area (Å²) in [6.07, 6.45) is 0. The summed E-state index contributed by atoms with van der Waals surface area (Å²) in [7, 11) is 0. The van der Waals surface area contributed by atoms with E-state index in [-0.39, 0.29) is 11.8 Å². The number of hydrogen-bond donors (Lipinski definition) is 0. The number of rotatable bonds is 3. The van der Waals surface area contributed by atoms with Crippen LogP contribution >= 0.6 is 27.3 Å². The quantitative estimate of drug-likeness (QED) is 0.683. The number of amides is 1. The average Bonchev–Trinajstić information content (AvgIpc) is 3.17. The molecular weight excluding hydrogens is 378 g/mol. The van der Waals surface area contributed by atoms with Crippen molar-refractivity contribution in [2.45, 2.75) is 5.92 Å². The second kappa shape index (κ2) is 5.90. The molecule has 4 rings (SSSR count). The first-order valence-corrected chi connectivity index (χ1v) is 8.86. The van der Waals surface area contributed by atoms with Crippen molar-refractivity contribution in [2.75, 3.05) is 13.1 Å². The molecule has 3 heterocycles. The fourth-order valence-corrected chi connectivity index (χ4v) is 3.60. The van der Waals surface area contributed by atoms with Gasteiger partial charge in [0, 0.05) is 28.5 Å². The fourth-order valence-electron chi connectivity index (χ4n) is 2.52. The maximum Gasteiger partial charge on any atom is 0.255 e. The van der Waals surface area contributed by atoms with E-state index < -0.39 is 0 Å². The zero-order valence-electron chi connectivity index (χ0n) is 12.0. The van der Waals surface area contributed by atoms with E-state index in [9.17, 15) is 4.79 Å². The first-order chi connectivity index (χ1) is 11.2. The van der Waals surface area contributed by atoms with E-state index >= 15 is 0 Å². The number of benzene rings is 1. The Kier molecular flexibility index (Phi) is 3.74. The Morgan fingerprint density at radius 1 is 1.30 bits per heavy atom. The molecule has 116 valence electrons. The summed E-state index contributed by atoms with van der Waals surface area (Å²) in [5, 5.41) is 7.98. The predicted octanol–water partition coefficient (Wildman–Crippen LogP) is 3.80. The van der Waals surface area contributed by atoms with Gasteiger partial charge < -0.3 is 9.42 Å². The van der Waals surface area contributed by atoms with Gasteiger partial charge in [-0.2, -0.15) is 16.3 Å². The molecule has 1 aliphatic heterocycles. The number of halogens is 1. The number of carbonyl (C=O) groups is 1. The topological polar surface area (TPSA) is 59.2 Å². The van der Waals surface area contributed by atoms with E-state index in [0.717, 1.165) is 10.0 Å². The minimum atomic E-state index is 0.0197. The van der Waals surface area contributed by atoms with Crippen molar-refractivity contribution in [1.29, 1.82) is 0 Å². The largest absolute Gasteiger partial charge is 0.339 e. The summed E-state index contributed by atoms with van der Waals surface area (Å²) < 4.78 is 6.16. The monoisotopic (exact) mass is 389 g/mol. The molecule has 1 aliphatic rings. The number of carbonyl (C=O) groups excluding carboxylic acids is 1. The molecule has 1 fully saturated rings. The van der Waals surface area contributed by atoms with Crippen LogP contribution in [0.25, 0.3) is 11.4 Å². The lowest BCUT2D eigenvalue weighted by molar-refractivity contribution is 0.0568. The molecule has 7 heteroatoms. The minimum Gasteiger partial charge on any atom is -0.339 e. The second-order valence-electron chi connectivity index (χ2n) is 5.36. The first kappa shape index (κ1) is 14.6. The van der Waals surface area contributed by atoms with Crippen molar-refractivity contribution in [3.8, 4) is 11.4 Å². The average molecular weight is 390 g/mol. The molecule has 1 amide bonds. The summed E-state index contributed by atoms with van der Waals surface area (Å²) in [5.74, 6) is 1.34. The molecule has 0 spiro atoms. The summed E-state index contributed by atoms with van der Waals surface area (Å²) >= 11 is 5.01. The van der Waals surface area contributed by atoms with Gasteiger partial charge >= 0.3 is 0 Å². The molecule has 2 aromatic heterocycles. The van der Waals surface area contributed by atoms with Crippen LogP contribution in [0.4, 0.5) is 0 Å². The molecule has 0 atom stereocenters. The Morgan fingerprint density at radius 2 is 2.13 bits per heavy atom. The summed E-state index contributed by atoms with van der Waals surface area (Å²) in [5.41, 5.74) is 1.64. The van der Waals surface area contributed by atoms with Crippen molar-refractivity contribution in [3.05, 3.63) is 57.0 Å². The Bertz CT molecular complexity index is 841. The molecule has 1 aromatic carbocycles. The van der Waals surface area contributed by atoms with E-state index in [1.54, 1.807) is 16.2 Å². The summed E-state index contributed by atoms with van der Waals surface area (Å²) in [6.45, 7) is 1.21. The zero-order chi connectivity index (χ0) is 15.8. The van der Waals surface area contributed by atoms with E-state index in [2.05, 4.69) is 26.1 Å². The predicted molar refractivity (Wildman–Crippen MR) is 90.4 cm³/mol. The van der Waals surface area contributed by atoms with Crippen LogP contribution in [-0.2, 0) is 0 Å². The normalized spacial score (nSPS) is 14.7. The molecule has 0 aliphatic carbocycles. The third-order valence-electron chi connectivity index (χ3n) is 3.84. The van der Waals surface area contributed by atoms with Crippen LogP contribution in [0.15, 0.2) is 50.1 Å². The minimum absolute atomic E-state index is 0.0197. The van der Waals surface area contributed by atoms with Gasteiger partial charge in [-0.1, -0.05) is 17.3 Å². The van der Waals surface area contributed by atoms with Gasteiger partial charge in [0.2, 0.25) is 11.7 Å². The maximum absolute atomic E-state index is 12.4. The molecule has 3 aromatic rings. The van der Waals surface area contributed by atoms with Crippen molar-refractivity contribution in [2.24, 2.45) is 0 Å². The van der Waals surface area contributed by atoms with Gasteiger partial charge in [-0.3, -0.25) is 4.79 Å². The molecule has 1 saturated heterocycles. The third-order valence-corrected chi connectivity index (χ3v) is 5.22. The molecule has 0 radical (unpaired) electrons. The molecule has 0 bridgehead atoms. The standard InChI is InChI=1S/C16H12BrN3O2S/c17-13-4-2-1-3-12(13)16(21)20-7-11(8-20)15-18-14(19-22-15)10-5-6-23-9-10/h1-6,9,11H,7-8H2.